The zero-order chi connectivity index (χ0) is 13.7. The summed E-state index contributed by atoms with van der Waals surface area (Å²) in [5, 5.41) is 22.4. The highest BCUT2D eigenvalue weighted by atomic mass is 16.5. The van der Waals surface area contributed by atoms with Gasteiger partial charge in [0, 0.05) is 18.1 Å². The predicted molar refractivity (Wildman–Crippen MR) is 73.1 cm³/mol. The quantitative estimate of drug-likeness (QED) is 0.503. The minimum atomic E-state index is 0.0306. The molecule has 0 spiro atoms. The lowest BCUT2D eigenvalue weighted by Crippen LogP contribution is -2.06. The predicted octanol–water partition coefficient (Wildman–Crippen LogP) is 2.82. The molecule has 4 heteroatoms. The largest absolute Gasteiger partial charge is 0.507 e. The molecule has 2 rings (SSSR count). The standard InChI is InChI=1S/C15H15NO3/c1-19-12-7-8-13(15(17)10-12)14(16-18)9-11-5-3-2-4-6-11/h2-8,10,17-18H,9H2,1H3/b16-14+. The lowest BCUT2D eigenvalue weighted by molar-refractivity contribution is 0.318. The number of nitrogens with zero attached hydrogens (tertiary/aromatic N) is 1. The van der Waals surface area contributed by atoms with Crippen LogP contribution in [0.3, 0.4) is 0 Å². The van der Waals surface area contributed by atoms with Crippen LogP contribution in [-0.2, 0) is 6.42 Å². The van der Waals surface area contributed by atoms with Crippen molar-refractivity contribution in [1.82, 2.24) is 0 Å². The second-order valence-corrected chi connectivity index (χ2v) is 4.09. The highest BCUT2D eigenvalue weighted by Gasteiger charge is 2.11. The fourth-order valence-electron chi connectivity index (χ4n) is 1.86. The van der Waals surface area contributed by atoms with E-state index >= 15 is 0 Å². The van der Waals surface area contributed by atoms with Crippen molar-refractivity contribution in [2.75, 3.05) is 7.11 Å². The van der Waals surface area contributed by atoms with Crippen LogP contribution < -0.4 is 4.74 Å². The zero-order valence-corrected chi connectivity index (χ0v) is 10.6. The third kappa shape index (κ3) is 3.04. The molecule has 2 N–H and O–H groups in total. The topological polar surface area (TPSA) is 62.0 Å². The summed E-state index contributed by atoms with van der Waals surface area (Å²) in [4.78, 5) is 0. The van der Waals surface area contributed by atoms with E-state index in [1.54, 1.807) is 12.1 Å². The van der Waals surface area contributed by atoms with E-state index in [1.807, 2.05) is 30.3 Å². The Morgan fingerprint density at radius 3 is 2.47 bits per heavy atom. The molecule has 0 amide bonds. The molecule has 2 aromatic carbocycles. The van der Waals surface area contributed by atoms with Crippen molar-refractivity contribution < 1.29 is 15.1 Å². The molecule has 0 unspecified atom stereocenters. The smallest absolute Gasteiger partial charge is 0.128 e. The van der Waals surface area contributed by atoms with Gasteiger partial charge in [0.25, 0.3) is 0 Å². The minimum absolute atomic E-state index is 0.0306. The summed E-state index contributed by atoms with van der Waals surface area (Å²) in [5.41, 5.74) is 1.91. The van der Waals surface area contributed by atoms with Crippen LogP contribution in [0.5, 0.6) is 11.5 Å². The van der Waals surface area contributed by atoms with Gasteiger partial charge in [-0.05, 0) is 17.7 Å². The average molecular weight is 257 g/mol. The zero-order valence-electron chi connectivity index (χ0n) is 10.6. The van der Waals surface area contributed by atoms with Gasteiger partial charge in [0.05, 0.1) is 12.8 Å². The van der Waals surface area contributed by atoms with Gasteiger partial charge in [-0.2, -0.15) is 0 Å². The molecule has 0 saturated heterocycles. The van der Waals surface area contributed by atoms with Crippen LogP contribution in [0.15, 0.2) is 53.7 Å². The molecule has 19 heavy (non-hydrogen) atoms. The number of aromatic hydroxyl groups is 1. The minimum Gasteiger partial charge on any atom is -0.507 e. The molecule has 0 aliphatic heterocycles. The van der Waals surface area contributed by atoms with E-state index in [9.17, 15) is 5.11 Å². The van der Waals surface area contributed by atoms with E-state index in [0.717, 1.165) is 5.56 Å². The second kappa shape index (κ2) is 5.91. The van der Waals surface area contributed by atoms with Gasteiger partial charge in [0.2, 0.25) is 0 Å². The Morgan fingerprint density at radius 1 is 1.16 bits per heavy atom. The van der Waals surface area contributed by atoms with Crippen LogP contribution in [-0.4, -0.2) is 23.1 Å². The highest BCUT2D eigenvalue weighted by Crippen LogP contribution is 2.25. The molecular formula is C15H15NO3. The van der Waals surface area contributed by atoms with Crippen LogP contribution in [0.25, 0.3) is 0 Å². The molecule has 0 radical (unpaired) electrons. The van der Waals surface area contributed by atoms with Crippen molar-refractivity contribution in [3.63, 3.8) is 0 Å². The summed E-state index contributed by atoms with van der Waals surface area (Å²) in [5.74, 6) is 0.585. The molecule has 98 valence electrons. The number of methoxy groups -OCH3 is 1. The van der Waals surface area contributed by atoms with Crippen LogP contribution in [0.2, 0.25) is 0 Å². The monoisotopic (exact) mass is 257 g/mol. The van der Waals surface area contributed by atoms with Crippen LogP contribution in [0.1, 0.15) is 11.1 Å². The number of hydrogen-bond donors (Lipinski definition) is 2. The van der Waals surface area contributed by atoms with Crippen molar-refractivity contribution in [3.8, 4) is 11.5 Å². The number of rotatable bonds is 4. The van der Waals surface area contributed by atoms with Crippen LogP contribution in [0, 0.1) is 0 Å². The van der Waals surface area contributed by atoms with Gasteiger partial charge in [-0.3, -0.25) is 0 Å². The Balaban J connectivity index is 2.28. The van der Waals surface area contributed by atoms with Gasteiger partial charge >= 0.3 is 0 Å². The maximum atomic E-state index is 9.93. The van der Waals surface area contributed by atoms with E-state index in [-0.39, 0.29) is 5.75 Å². The summed E-state index contributed by atoms with van der Waals surface area (Å²) >= 11 is 0. The lowest BCUT2D eigenvalue weighted by Gasteiger charge is -2.08. The molecule has 0 heterocycles. The second-order valence-electron chi connectivity index (χ2n) is 4.09. The number of hydrogen-bond acceptors (Lipinski definition) is 4. The van der Waals surface area contributed by atoms with Crippen molar-refractivity contribution in [1.29, 1.82) is 0 Å². The maximum absolute atomic E-state index is 9.93. The SMILES string of the molecule is COc1ccc(/C(Cc2ccccc2)=N/O)c(O)c1. The summed E-state index contributed by atoms with van der Waals surface area (Å²) in [7, 11) is 1.53. The Bertz CT molecular complexity index is 579. The van der Waals surface area contributed by atoms with Crippen LogP contribution in [0.4, 0.5) is 0 Å². The Morgan fingerprint density at radius 2 is 1.89 bits per heavy atom. The number of benzene rings is 2. The van der Waals surface area contributed by atoms with Crippen LogP contribution >= 0.6 is 0 Å². The summed E-state index contributed by atoms with van der Waals surface area (Å²) in [6, 6.07) is 14.5. The third-order valence-corrected chi connectivity index (χ3v) is 2.85. The molecule has 0 atom stereocenters. The van der Waals surface area contributed by atoms with Crippen molar-refractivity contribution in [3.05, 3.63) is 59.7 Å². The number of oxime groups is 1. The first-order valence-corrected chi connectivity index (χ1v) is 5.87. The van der Waals surface area contributed by atoms with Gasteiger partial charge in [-0.25, -0.2) is 0 Å². The Labute approximate surface area is 111 Å². The first-order chi connectivity index (χ1) is 9.24. The summed E-state index contributed by atoms with van der Waals surface area (Å²) in [6.07, 6.45) is 0.442. The molecule has 2 aromatic rings. The first-order valence-electron chi connectivity index (χ1n) is 5.87. The Hall–Kier alpha value is -2.49. The first kappa shape index (κ1) is 13.0. The van der Waals surface area contributed by atoms with Gasteiger partial charge in [-0.15, -0.1) is 0 Å². The molecule has 4 nitrogen and oxygen atoms in total. The molecule has 0 bridgehead atoms. The molecule has 0 aliphatic carbocycles. The number of ether oxygens (including phenoxy) is 1. The normalized spacial score (nSPS) is 11.3. The van der Waals surface area contributed by atoms with E-state index in [2.05, 4.69) is 5.16 Å². The van der Waals surface area contributed by atoms with Gasteiger partial charge in [-0.1, -0.05) is 35.5 Å². The van der Waals surface area contributed by atoms with E-state index in [0.29, 0.717) is 23.4 Å². The van der Waals surface area contributed by atoms with Crippen molar-refractivity contribution in [2.24, 2.45) is 5.16 Å². The maximum Gasteiger partial charge on any atom is 0.128 e. The average Bonchev–Trinajstić information content (AvgIpc) is 2.46. The third-order valence-electron chi connectivity index (χ3n) is 2.85. The van der Waals surface area contributed by atoms with E-state index in [4.69, 9.17) is 9.94 Å². The van der Waals surface area contributed by atoms with E-state index in [1.165, 1.54) is 13.2 Å². The number of phenols is 1. The highest BCUT2D eigenvalue weighted by molar-refractivity contribution is 6.03. The van der Waals surface area contributed by atoms with E-state index < -0.39 is 0 Å². The summed E-state index contributed by atoms with van der Waals surface area (Å²) < 4.78 is 5.02. The molecule has 0 fully saturated rings. The van der Waals surface area contributed by atoms with Gasteiger partial charge < -0.3 is 15.1 Å². The van der Waals surface area contributed by atoms with Crippen molar-refractivity contribution in [2.45, 2.75) is 6.42 Å². The molecule has 0 aliphatic rings. The molecule has 0 aromatic heterocycles. The fourth-order valence-corrected chi connectivity index (χ4v) is 1.86. The van der Waals surface area contributed by atoms with Gasteiger partial charge in [0.15, 0.2) is 0 Å². The number of phenolic OH excluding ortho intramolecular Hbond substituents is 1. The Kier molecular flexibility index (Phi) is 4.03. The molecule has 0 saturated carbocycles. The van der Waals surface area contributed by atoms with Crippen molar-refractivity contribution >= 4 is 5.71 Å². The molecular weight excluding hydrogens is 242 g/mol. The lowest BCUT2D eigenvalue weighted by atomic mass is 10.0. The summed E-state index contributed by atoms with van der Waals surface area (Å²) in [6.45, 7) is 0. The fraction of sp³-hybridized carbons (Fsp3) is 0.133. The van der Waals surface area contributed by atoms with Gasteiger partial charge in [0.1, 0.15) is 11.5 Å².